The topological polar surface area (TPSA) is 88.8 Å². The minimum Gasteiger partial charge on any atom is -0.352 e. The number of nitrogens with zero attached hydrogens (tertiary/aromatic N) is 9. The Morgan fingerprint density at radius 3 is 2.78 bits per heavy atom. The van der Waals surface area contributed by atoms with Crippen LogP contribution < -0.4 is 9.80 Å². The third kappa shape index (κ3) is 2.98. The number of fused-ring (bicyclic) bond motifs is 1. The van der Waals surface area contributed by atoms with Crippen LogP contribution in [0.3, 0.4) is 0 Å². The average molecular weight is 363 g/mol. The van der Waals surface area contributed by atoms with E-state index in [-0.39, 0.29) is 0 Å². The van der Waals surface area contributed by atoms with Gasteiger partial charge in [0, 0.05) is 20.1 Å². The van der Waals surface area contributed by atoms with Gasteiger partial charge in [0.05, 0.1) is 24.1 Å². The molecule has 2 aliphatic rings. The van der Waals surface area contributed by atoms with E-state index in [2.05, 4.69) is 53.2 Å². The van der Waals surface area contributed by atoms with Gasteiger partial charge in [-0.3, -0.25) is 4.98 Å². The molecular weight excluding hydrogens is 342 g/mol. The predicted octanol–water partition coefficient (Wildman–Crippen LogP) is 1.05. The van der Waals surface area contributed by atoms with Crippen molar-refractivity contribution in [3.05, 3.63) is 42.4 Å². The highest BCUT2D eigenvalue weighted by molar-refractivity contribution is 5.49. The van der Waals surface area contributed by atoms with E-state index in [4.69, 9.17) is 0 Å². The highest BCUT2D eigenvalue weighted by Crippen LogP contribution is 2.27. The van der Waals surface area contributed by atoms with Crippen molar-refractivity contribution in [2.75, 3.05) is 29.9 Å². The van der Waals surface area contributed by atoms with Gasteiger partial charge < -0.3 is 9.80 Å². The fraction of sp³-hybridized carbons (Fsp3) is 0.444. The first kappa shape index (κ1) is 16.1. The van der Waals surface area contributed by atoms with Gasteiger partial charge in [-0.2, -0.15) is 10.2 Å². The predicted molar refractivity (Wildman–Crippen MR) is 100 cm³/mol. The Morgan fingerprint density at radius 1 is 1.04 bits per heavy atom. The Labute approximate surface area is 157 Å². The van der Waals surface area contributed by atoms with Crippen LogP contribution in [0.5, 0.6) is 0 Å². The molecular formula is C18H21N9. The van der Waals surface area contributed by atoms with Gasteiger partial charge in [-0.25, -0.2) is 14.6 Å². The Bertz CT molecular complexity index is 934. The van der Waals surface area contributed by atoms with Crippen molar-refractivity contribution in [2.45, 2.75) is 31.7 Å². The summed E-state index contributed by atoms with van der Waals surface area (Å²) in [5, 5.41) is 13.0. The third-order valence-corrected chi connectivity index (χ3v) is 5.41. The van der Waals surface area contributed by atoms with Gasteiger partial charge in [-0.1, -0.05) is 0 Å². The quantitative estimate of drug-likeness (QED) is 0.680. The number of likely N-dealkylation sites (N-methyl/N-ethyl adjacent to an activating group) is 1. The number of anilines is 2. The molecule has 3 aromatic rings. The molecule has 1 aliphatic heterocycles. The smallest absolute Gasteiger partial charge is 0.175 e. The summed E-state index contributed by atoms with van der Waals surface area (Å²) in [5.74, 6) is 2.47. The van der Waals surface area contributed by atoms with E-state index in [1.54, 1.807) is 23.4 Å². The molecule has 3 aromatic heterocycles. The molecule has 9 nitrogen and oxygen atoms in total. The van der Waals surface area contributed by atoms with E-state index in [1.165, 1.54) is 30.4 Å². The molecule has 1 aliphatic carbocycles. The molecule has 4 heterocycles. The number of aromatic nitrogens is 7. The van der Waals surface area contributed by atoms with Gasteiger partial charge in [-0.15, -0.1) is 5.10 Å². The maximum absolute atomic E-state index is 4.65. The van der Waals surface area contributed by atoms with Gasteiger partial charge in [0.2, 0.25) is 0 Å². The van der Waals surface area contributed by atoms with Crippen molar-refractivity contribution >= 4 is 11.6 Å². The summed E-state index contributed by atoms with van der Waals surface area (Å²) in [4.78, 5) is 17.3. The highest BCUT2D eigenvalue weighted by Gasteiger charge is 2.32. The molecule has 138 valence electrons. The fourth-order valence-corrected chi connectivity index (χ4v) is 3.66. The SMILES string of the molecule is CN(c1cncc(-n2cncn2)n1)C1CN(c2cc3c(nn2)CCCC3)C1. The normalized spacial score (nSPS) is 16.7. The molecule has 0 N–H and O–H groups in total. The van der Waals surface area contributed by atoms with Crippen molar-refractivity contribution in [1.29, 1.82) is 0 Å². The van der Waals surface area contributed by atoms with Crippen LogP contribution in [0.4, 0.5) is 11.6 Å². The Morgan fingerprint density at radius 2 is 1.93 bits per heavy atom. The third-order valence-electron chi connectivity index (χ3n) is 5.41. The van der Waals surface area contributed by atoms with Crippen LogP contribution in [-0.4, -0.2) is 61.1 Å². The summed E-state index contributed by atoms with van der Waals surface area (Å²) in [6.07, 6.45) is 11.2. The van der Waals surface area contributed by atoms with Crippen LogP contribution in [0.25, 0.3) is 5.82 Å². The molecule has 5 rings (SSSR count). The summed E-state index contributed by atoms with van der Waals surface area (Å²) in [5.41, 5.74) is 2.55. The number of hydrogen-bond donors (Lipinski definition) is 0. The molecule has 1 saturated heterocycles. The van der Waals surface area contributed by atoms with Gasteiger partial charge >= 0.3 is 0 Å². The van der Waals surface area contributed by atoms with Gasteiger partial charge in [0.1, 0.15) is 18.5 Å². The van der Waals surface area contributed by atoms with Crippen LogP contribution in [0.1, 0.15) is 24.1 Å². The summed E-state index contributed by atoms with van der Waals surface area (Å²) in [7, 11) is 2.05. The fourth-order valence-electron chi connectivity index (χ4n) is 3.66. The van der Waals surface area contributed by atoms with Crippen molar-refractivity contribution < 1.29 is 0 Å². The summed E-state index contributed by atoms with van der Waals surface area (Å²) < 4.78 is 1.61. The monoisotopic (exact) mass is 363 g/mol. The molecule has 0 spiro atoms. The van der Waals surface area contributed by atoms with E-state index >= 15 is 0 Å². The Hall–Kier alpha value is -3.10. The number of rotatable bonds is 4. The van der Waals surface area contributed by atoms with Crippen molar-refractivity contribution in [3.63, 3.8) is 0 Å². The van der Waals surface area contributed by atoms with E-state index in [0.29, 0.717) is 11.9 Å². The standard InChI is InChI=1S/C18H21N9/c1-25(17-7-19-8-18(22-17)27-12-20-11-21-27)14-9-26(10-14)16-6-13-4-2-3-5-15(13)23-24-16/h6-8,11-12,14H,2-5,9-10H2,1H3. The second-order valence-corrected chi connectivity index (χ2v) is 7.13. The summed E-state index contributed by atoms with van der Waals surface area (Å²) in [6.45, 7) is 1.80. The van der Waals surface area contributed by atoms with Crippen molar-refractivity contribution in [2.24, 2.45) is 0 Å². The van der Waals surface area contributed by atoms with E-state index in [0.717, 1.165) is 37.6 Å². The van der Waals surface area contributed by atoms with E-state index < -0.39 is 0 Å². The van der Waals surface area contributed by atoms with Gasteiger partial charge in [0.15, 0.2) is 11.6 Å². The van der Waals surface area contributed by atoms with Crippen LogP contribution in [0.2, 0.25) is 0 Å². The molecule has 0 atom stereocenters. The first-order valence-corrected chi connectivity index (χ1v) is 9.28. The Balaban J connectivity index is 1.27. The van der Waals surface area contributed by atoms with Gasteiger partial charge in [0.25, 0.3) is 0 Å². The van der Waals surface area contributed by atoms with Crippen LogP contribution in [0, 0.1) is 0 Å². The second kappa shape index (κ2) is 6.57. The van der Waals surface area contributed by atoms with E-state index in [1.807, 2.05) is 0 Å². The number of aryl methyl sites for hydroxylation is 2. The molecule has 0 bridgehead atoms. The highest BCUT2D eigenvalue weighted by atomic mass is 15.4. The zero-order valence-corrected chi connectivity index (χ0v) is 15.2. The second-order valence-electron chi connectivity index (χ2n) is 7.13. The largest absolute Gasteiger partial charge is 0.352 e. The maximum Gasteiger partial charge on any atom is 0.175 e. The first-order chi connectivity index (χ1) is 13.3. The molecule has 0 unspecified atom stereocenters. The molecule has 0 amide bonds. The van der Waals surface area contributed by atoms with Crippen molar-refractivity contribution in [3.8, 4) is 5.82 Å². The number of hydrogen-bond acceptors (Lipinski definition) is 8. The lowest BCUT2D eigenvalue weighted by Gasteiger charge is -2.44. The molecule has 0 aromatic carbocycles. The minimum atomic E-state index is 0.364. The van der Waals surface area contributed by atoms with Gasteiger partial charge in [-0.05, 0) is 37.3 Å². The average Bonchev–Trinajstić information content (AvgIpc) is 3.22. The summed E-state index contributed by atoms with van der Waals surface area (Å²) >= 11 is 0. The molecule has 0 saturated carbocycles. The van der Waals surface area contributed by atoms with E-state index in [9.17, 15) is 0 Å². The zero-order chi connectivity index (χ0) is 18.2. The Kier molecular flexibility index (Phi) is 3.92. The molecule has 27 heavy (non-hydrogen) atoms. The van der Waals surface area contributed by atoms with Crippen molar-refractivity contribution in [1.82, 2.24) is 34.9 Å². The lowest BCUT2D eigenvalue weighted by Crippen LogP contribution is -2.59. The van der Waals surface area contributed by atoms with Crippen LogP contribution in [-0.2, 0) is 12.8 Å². The zero-order valence-electron chi connectivity index (χ0n) is 15.2. The lowest BCUT2D eigenvalue weighted by molar-refractivity contribution is 0.485. The minimum absolute atomic E-state index is 0.364. The van der Waals surface area contributed by atoms with Crippen LogP contribution >= 0.6 is 0 Å². The lowest BCUT2D eigenvalue weighted by atomic mass is 9.96. The maximum atomic E-state index is 4.65. The molecule has 0 radical (unpaired) electrons. The first-order valence-electron chi connectivity index (χ1n) is 9.28. The molecule has 9 heteroatoms. The van der Waals surface area contributed by atoms with Crippen LogP contribution in [0.15, 0.2) is 31.1 Å². The summed E-state index contributed by atoms with van der Waals surface area (Å²) in [6, 6.07) is 2.59. The molecule has 1 fully saturated rings.